The van der Waals surface area contributed by atoms with Crippen LogP contribution in [0, 0.1) is 19.7 Å². The number of benzene rings is 3. The van der Waals surface area contributed by atoms with Crippen molar-refractivity contribution in [3.63, 3.8) is 0 Å². The number of fused-ring (bicyclic) bond motifs is 3. The van der Waals surface area contributed by atoms with E-state index in [1.54, 1.807) is 0 Å². The molecule has 1 amide bonds. The third-order valence-corrected chi connectivity index (χ3v) is 7.34. The zero-order valence-corrected chi connectivity index (χ0v) is 20.6. The Labute approximate surface area is 209 Å². The van der Waals surface area contributed by atoms with Crippen LogP contribution in [0.1, 0.15) is 45.8 Å². The summed E-state index contributed by atoms with van der Waals surface area (Å²) in [6.45, 7) is 6.34. The highest BCUT2D eigenvalue weighted by Crippen LogP contribution is 2.44. The Hall–Kier alpha value is -4.04. The molecule has 2 aromatic heterocycles. The van der Waals surface area contributed by atoms with E-state index in [9.17, 15) is 14.0 Å². The van der Waals surface area contributed by atoms with Gasteiger partial charge in [0.1, 0.15) is 17.1 Å². The van der Waals surface area contributed by atoms with E-state index in [1.807, 2.05) is 57.2 Å². The van der Waals surface area contributed by atoms with Gasteiger partial charge in [0, 0.05) is 0 Å². The second-order valence-corrected chi connectivity index (χ2v) is 9.83. The van der Waals surface area contributed by atoms with Gasteiger partial charge in [0.15, 0.2) is 10.6 Å². The average Bonchev–Trinajstić information content (AvgIpc) is 3.39. The molecule has 5 aromatic rings. The van der Waals surface area contributed by atoms with Gasteiger partial charge < -0.3 is 9.15 Å². The van der Waals surface area contributed by atoms with Gasteiger partial charge in [0.2, 0.25) is 5.76 Å². The predicted octanol–water partition coefficient (Wildman–Crippen LogP) is 6.31. The molecule has 0 unspecified atom stereocenters. The van der Waals surface area contributed by atoms with Crippen molar-refractivity contribution >= 4 is 43.6 Å². The molecule has 6 nitrogen and oxygen atoms in total. The standard InChI is InChI=1S/C28H21FN2O4S/c1-4-34-18-7-5-6-16(12-18)24-22-25(32)19-13-17(29)8-9-20(19)35-26(22)27(33)31(24)28-30-23-15(3)10-14(2)11-21(23)36-28/h5-13,24H,4H2,1-3H3/t24-/m1/s1. The molecule has 36 heavy (non-hydrogen) atoms. The number of aryl methyl sites for hydroxylation is 2. The fourth-order valence-electron chi connectivity index (χ4n) is 4.86. The lowest BCUT2D eigenvalue weighted by atomic mass is 9.98. The molecule has 0 radical (unpaired) electrons. The topological polar surface area (TPSA) is 72.6 Å². The Morgan fingerprint density at radius 3 is 2.75 bits per heavy atom. The average molecular weight is 501 g/mol. The van der Waals surface area contributed by atoms with Crippen molar-refractivity contribution in [2.24, 2.45) is 0 Å². The summed E-state index contributed by atoms with van der Waals surface area (Å²) >= 11 is 1.38. The van der Waals surface area contributed by atoms with Gasteiger partial charge in [-0.3, -0.25) is 14.5 Å². The molecule has 0 saturated carbocycles. The van der Waals surface area contributed by atoms with E-state index in [0.29, 0.717) is 23.1 Å². The molecule has 1 aliphatic rings. The Morgan fingerprint density at radius 1 is 1.11 bits per heavy atom. The Morgan fingerprint density at radius 2 is 1.94 bits per heavy atom. The van der Waals surface area contributed by atoms with Crippen LogP contribution < -0.4 is 15.1 Å². The largest absolute Gasteiger partial charge is 0.494 e. The van der Waals surface area contributed by atoms with Crippen LogP contribution in [0.4, 0.5) is 9.52 Å². The van der Waals surface area contributed by atoms with Crippen LogP contribution >= 0.6 is 11.3 Å². The molecular weight excluding hydrogens is 479 g/mol. The second-order valence-electron chi connectivity index (χ2n) is 8.82. The maximum atomic E-state index is 14.1. The summed E-state index contributed by atoms with van der Waals surface area (Å²) < 4.78 is 26.6. The molecule has 0 fully saturated rings. The first-order valence-electron chi connectivity index (χ1n) is 11.6. The number of anilines is 1. The van der Waals surface area contributed by atoms with Crippen molar-refractivity contribution in [2.75, 3.05) is 11.5 Å². The fourth-order valence-corrected chi connectivity index (χ4v) is 6.03. The fraction of sp³-hybridized carbons (Fsp3) is 0.179. The number of nitrogens with zero attached hydrogens (tertiary/aromatic N) is 2. The number of aromatic nitrogens is 1. The number of halogens is 1. The van der Waals surface area contributed by atoms with Crippen molar-refractivity contribution in [1.82, 2.24) is 4.98 Å². The van der Waals surface area contributed by atoms with Gasteiger partial charge in [0.05, 0.1) is 33.8 Å². The number of ether oxygens (including phenoxy) is 1. The van der Waals surface area contributed by atoms with Crippen LogP contribution in [0.3, 0.4) is 0 Å². The highest BCUT2D eigenvalue weighted by molar-refractivity contribution is 7.22. The predicted molar refractivity (Wildman–Crippen MR) is 138 cm³/mol. The van der Waals surface area contributed by atoms with Gasteiger partial charge >= 0.3 is 0 Å². The summed E-state index contributed by atoms with van der Waals surface area (Å²) in [4.78, 5) is 33.9. The summed E-state index contributed by atoms with van der Waals surface area (Å²) in [5, 5.41) is 0.543. The molecule has 0 saturated heterocycles. The quantitative estimate of drug-likeness (QED) is 0.289. The highest BCUT2D eigenvalue weighted by atomic mass is 32.1. The maximum Gasteiger partial charge on any atom is 0.297 e. The van der Waals surface area contributed by atoms with Crippen molar-refractivity contribution < 1.29 is 18.3 Å². The van der Waals surface area contributed by atoms with Gasteiger partial charge in [-0.2, -0.15) is 0 Å². The number of hydrogen-bond acceptors (Lipinski definition) is 6. The van der Waals surface area contributed by atoms with E-state index in [2.05, 4.69) is 0 Å². The molecule has 0 N–H and O–H groups in total. The molecule has 3 aromatic carbocycles. The lowest BCUT2D eigenvalue weighted by molar-refractivity contribution is 0.0971. The van der Waals surface area contributed by atoms with E-state index >= 15 is 0 Å². The Balaban J connectivity index is 1.63. The van der Waals surface area contributed by atoms with Gasteiger partial charge in [-0.15, -0.1) is 0 Å². The molecule has 6 rings (SSSR count). The van der Waals surface area contributed by atoms with Gasteiger partial charge in [0.25, 0.3) is 5.91 Å². The highest BCUT2D eigenvalue weighted by Gasteiger charge is 2.45. The lowest BCUT2D eigenvalue weighted by Gasteiger charge is -2.23. The summed E-state index contributed by atoms with van der Waals surface area (Å²) in [5.41, 5.74) is 3.45. The molecule has 0 bridgehead atoms. The summed E-state index contributed by atoms with van der Waals surface area (Å²) in [7, 11) is 0. The molecule has 180 valence electrons. The number of hydrogen-bond donors (Lipinski definition) is 0. The Bertz CT molecular complexity index is 1760. The monoisotopic (exact) mass is 500 g/mol. The van der Waals surface area contributed by atoms with Crippen LogP contribution in [0.5, 0.6) is 5.75 Å². The van der Waals surface area contributed by atoms with Crippen LogP contribution in [0.15, 0.2) is 63.8 Å². The van der Waals surface area contributed by atoms with Crippen LogP contribution in [0.2, 0.25) is 0 Å². The van der Waals surface area contributed by atoms with Crippen molar-refractivity contribution in [2.45, 2.75) is 26.8 Å². The van der Waals surface area contributed by atoms with E-state index in [4.69, 9.17) is 14.1 Å². The van der Waals surface area contributed by atoms with E-state index in [0.717, 1.165) is 27.4 Å². The zero-order chi connectivity index (χ0) is 25.1. The van der Waals surface area contributed by atoms with E-state index in [-0.39, 0.29) is 22.3 Å². The molecule has 1 atom stereocenters. The summed E-state index contributed by atoms with van der Waals surface area (Å²) in [6.07, 6.45) is 0. The van der Waals surface area contributed by atoms with Gasteiger partial charge in [-0.1, -0.05) is 29.5 Å². The number of thiazole rings is 1. The minimum absolute atomic E-state index is 0.0573. The number of carbonyl (C=O) groups excluding carboxylic acids is 1. The zero-order valence-electron chi connectivity index (χ0n) is 19.8. The SMILES string of the molecule is CCOc1cccc([C@@H]2c3c(oc4ccc(F)cc4c3=O)C(=O)N2c2nc3c(C)cc(C)cc3s2)c1. The maximum absolute atomic E-state index is 14.1. The van der Waals surface area contributed by atoms with Gasteiger partial charge in [-0.25, -0.2) is 9.37 Å². The van der Waals surface area contributed by atoms with Crippen molar-refractivity contribution in [3.8, 4) is 5.75 Å². The van der Waals surface area contributed by atoms with Crippen LogP contribution in [0.25, 0.3) is 21.2 Å². The number of carbonyl (C=O) groups is 1. The first-order valence-corrected chi connectivity index (χ1v) is 12.4. The van der Waals surface area contributed by atoms with E-state index in [1.165, 1.54) is 28.4 Å². The molecule has 0 spiro atoms. The Kier molecular flexibility index (Phi) is 5.15. The smallest absolute Gasteiger partial charge is 0.297 e. The lowest BCUT2D eigenvalue weighted by Crippen LogP contribution is -2.29. The van der Waals surface area contributed by atoms with Gasteiger partial charge in [-0.05, 0) is 73.9 Å². The summed E-state index contributed by atoms with van der Waals surface area (Å²) in [5.74, 6) is -0.461. The van der Waals surface area contributed by atoms with Crippen molar-refractivity contribution in [3.05, 3.63) is 98.7 Å². The number of rotatable bonds is 4. The second kappa shape index (κ2) is 8.27. The third-order valence-electron chi connectivity index (χ3n) is 6.34. The van der Waals surface area contributed by atoms with Crippen LogP contribution in [-0.4, -0.2) is 17.5 Å². The molecule has 3 heterocycles. The minimum Gasteiger partial charge on any atom is -0.494 e. The molecule has 0 aliphatic carbocycles. The molecule has 1 aliphatic heterocycles. The third kappa shape index (κ3) is 3.40. The van der Waals surface area contributed by atoms with Crippen LogP contribution in [-0.2, 0) is 0 Å². The van der Waals surface area contributed by atoms with Crippen molar-refractivity contribution in [1.29, 1.82) is 0 Å². The normalized spacial score (nSPS) is 15.2. The summed E-state index contributed by atoms with van der Waals surface area (Å²) in [6, 6.07) is 14.3. The number of amides is 1. The molecule has 8 heteroatoms. The van der Waals surface area contributed by atoms with E-state index < -0.39 is 23.2 Å². The first kappa shape index (κ1) is 22.4. The first-order chi connectivity index (χ1) is 17.4. The minimum atomic E-state index is -0.807. The molecular formula is C28H21FN2O4S.